The van der Waals surface area contributed by atoms with Crippen LogP contribution < -0.4 is 4.90 Å². The summed E-state index contributed by atoms with van der Waals surface area (Å²) in [4.78, 5) is 4.46. The molecule has 0 aromatic heterocycles. The quantitative estimate of drug-likeness (QED) is 0.611. The van der Waals surface area contributed by atoms with Crippen LogP contribution in [0.5, 0.6) is 0 Å². The molecule has 116 valence electrons. The van der Waals surface area contributed by atoms with E-state index < -0.39 is 6.10 Å². The average molecular weight is 294 g/mol. The normalized spacial score (nSPS) is 17.7. The van der Waals surface area contributed by atoms with Crippen LogP contribution in [0.15, 0.2) is 36.9 Å². The minimum absolute atomic E-state index is 0.208. The molecule has 21 heavy (non-hydrogen) atoms. The molecule has 0 amide bonds. The van der Waals surface area contributed by atoms with Gasteiger partial charge in [-0.2, -0.15) is 0 Å². The number of halogens is 1. The van der Waals surface area contributed by atoms with Crippen molar-refractivity contribution in [1.29, 1.82) is 0 Å². The largest absolute Gasteiger partial charge is 0.389 e. The minimum atomic E-state index is -0.470. The Balaban J connectivity index is 1.72. The first-order valence-corrected chi connectivity index (χ1v) is 7.28. The fraction of sp³-hybridized carbons (Fsp3) is 0.500. The molecule has 1 fully saturated rings. The number of rotatable bonds is 7. The second-order valence-corrected chi connectivity index (χ2v) is 5.24. The number of hydrogen-bond acceptors (Lipinski definition) is 4. The summed E-state index contributed by atoms with van der Waals surface area (Å²) in [7, 11) is 0. The number of piperazine rings is 1. The summed E-state index contributed by atoms with van der Waals surface area (Å²) in [5, 5.41) is 9.89. The van der Waals surface area contributed by atoms with Crippen molar-refractivity contribution in [3.05, 3.63) is 42.7 Å². The van der Waals surface area contributed by atoms with Crippen LogP contribution in [-0.2, 0) is 4.74 Å². The van der Waals surface area contributed by atoms with Gasteiger partial charge in [-0.1, -0.05) is 6.08 Å². The minimum Gasteiger partial charge on any atom is -0.389 e. The fourth-order valence-electron chi connectivity index (χ4n) is 2.48. The summed E-state index contributed by atoms with van der Waals surface area (Å²) in [6, 6.07) is 6.59. The summed E-state index contributed by atoms with van der Waals surface area (Å²) in [5.74, 6) is -0.208. The molecule has 1 saturated heterocycles. The summed E-state index contributed by atoms with van der Waals surface area (Å²) in [6.45, 7) is 8.53. The Hall–Kier alpha value is -1.43. The van der Waals surface area contributed by atoms with Crippen molar-refractivity contribution in [2.45, 2.75) is 6.10 Å². The highest BCUT2D eigenvalue weighted by atomic mass is 19.1. The predicted molar refractivity (Wildman–Crippen MR) is 82.1 cm³/mol. The van der Waals surface area contributed by atoms with Crippen LogP contribution >= 0.6 is 0 Å². The topological polar surface area (TPSA) is 35.9 Å². The molecule has 0 saturated carbocycles. The van der Waals surface area contributed by atoms with Crippen LogP contribution in [0.2, 0.25) is 0 Å². The van der Waals surface area contributed by atoms with Crippen molar-refractivity contribution in [1.82, 2.24) is 4.90 Å². The highest BCUT2D eigenvalue weighted by Crippen LogP contribution is 2.16. The molecule has 1 aromatic rings. The van der Waals surface area contributed by atoms with E-state index in [-0.39, 0.29) is 5.82 Å². The molecule has 1 aromatic carbocycles. The molecule has 1 aliphatic rings. The molecule has 1 N–H and O–H groups in total. The number of nitrogens with zero attached hydrogens (tertiary/aromatic N) is 2. The molecule has 0 bridgehead atoms. The van der Waals surface area contributed by atoms with Crippen LogP contribution in [0.25, 0.3) is 0 Å². The first-order chi connectivity index (χ1) is 10.2. The van der Waals surface area contributed by atoms with Gasteiger partial charge in [0.1, 0.15) is 5.82 Å². The van der Waals surface area contributed by atoms with Gasteiger partial charge in [0.25, 0.3) is 0 Å². The summed E-state index contributed by atoms with van der Waals surface area (Å²) < 4.78 is 18.2. The van der Waals surface area contributed by atoms with Crippen molar-refractivity contribution in [3.8, 4) is 0 Å². The zero-order valence-corrected chi connectivity index (χ0v) is 12.2. The molecular weight excluding hydrogens is 271 g/mol. The van der Waals surface area contributed by atoms with E-state index in [0.717, 1.165) is 31.9 Å². The van der Waals surface area contributed by atoms with Crippen molar-refractivity contribution < 1.29 is 14.2 Å². The predicted octanol–water partition coefficient (Wildman–Crippen LogP) is 1.51. The van der Waals surface area contributed by atoms with Crippen LogP contribution in [0, 0.1) is 5.82 Å². The molecular formula is C16H23FN2O2. The monoisotopic (exact) mass is 294 g/mol. The first-order valence-electron chi connectivity index (χ1n) is 7.28. The van der Waals surface area contributed by atoms with Gasteiger partial charge in [-0.3, -0.25) is 4.90 Å². The molecule has 0 aliphatic carbocycles. The van der Waals surface area contributed by atoms with E-state index >= 15 is 0 Å². The van der Waals surface area contributed by atoms with Gasteiger partial charge in [0, 0.05) is 38.4 Å². The van der Waals surface area contributed by atoms with E-state index in [1.54, 1.807) is 6.08 Å². The van der Waals surface area contributed by atoms with E-state index in [2.05, 4.69) is 16.4 Å². The third-order valence-corrected chi connectivity index (χ3v) is 3.58. The van der Waals surface area contributed by atoms with E-state index in [0.29, 0.717) is 19.8 Å². The van der Waals surface area contributed by atoms with Gasteiger partial charge in [0.05, 0.1) is 19.3 Å². The zero-order chi connectivity index (χ0) is 15.1. The van der Waals surface area contributed by atoms with Gasteiger partial charge >= 0.3 is 0 Å². The molecule has 1 aliphatic heterocycles. The lowest BCUT2D eigenvalue weighted by Gasteiger charge is -2.36. The lowest BCUT2D eigenvalue weighted by molar-refractivity contribution is 0.0252. The molecule has 0 spiro atoms. The van der Waals surface area contributed by atoms with Gasteiger partial charge in [0.15, 0.2) is 0 Å². The molecule has 1 heterocycles. The SMILES string of the molecule is C=CCOC[C@H](O)CN1CCN(c2ccc(F)cc2)CC1. The Labute approximate surface area is 125 Å². The highest BCUT2D eigenvalue weighted by molar-refractivity contribution is 5.46. The van der Waals surface area contributed by atoms with Crippen molar-refractivity contribution in [2.24, 2.45) is 0 Å². The number of anilines is 1. The van der Waals surface area contributed by atoms with Gasteiger partial charge < -0.3 is 14.7 Å². The number of benzene rings is 1. The number of hydrogen-bond donors (Lipinski definition) is 1. The first kappa shape index (κ1) is 15.9. The van der Waals surface area contributed by atoms with Crippen molar-refractivity contribution in [3.63, 3.8) is 0 Å². The third kappa shape index (κ3) is 5.12. The second-order valence-electron chi connectivity index (χ2n) is 5.24. The molecule has 5 heteroatoms. The van der Waals surface area contributed by atoms with E-state index in [1.807, 2.05) is 12.1 Å². The van der Waals surface area contributed by atoms with Gasteiger partial charge in [-0.25, -0.2) is 4.39 Å². The smallest absolute Gasteiger partial charge is 0.123 e. The van der Waals surface area contributed by atoms with Crippen molar-refractivity contribution in [2.75, 3.05) is 50.8 Å². The van der Waals surface area contributed by atoms with Crippen molar-refractivity contribution >= 4 is 5.69 Å². The van der Waals surface area contributed by atoms with E-state index in [9.17, 15) is 9.50 Å². The Morgan fingerprint density at radius 2 is 1.90 bits per heavy atom. The fourth-order valence-corrected chi connectivity index (χ4v) is 2.48. The second kappa shape index (κ2) is 8.12. The van der Waals surface area contributed by atoms with Gasteiger partial charge in [-0.05, 0) is 24.3 Å². The Bertz CT molecular complexity index is 430. The summed E-state index contributed by atoms with van der Waals surface area (Å²) >= 11 is 0. The molecule has 4 nitrogen and oxygen atoms in total. The zero-order valence-electron chi connectivity index (χ0n) is 12.2. The maximum atomic E-state index is 12.9. The third-order valence-electron chi connectivity index (χ3n) is 3.58. The highest BCUT2D eigenvalue weighted by Gasteiger charge is 2.19. The number of β-amino-alcohol motifs (C(OH)–C–C–N with tert-alkyl or cyclic N) is 1. The summed E-state index contributed by atoms with van der Waals surface area (Å²) in [6.07, 6.45) is 1.20. The molecule has 2 rings (SSSR count). The van der Waals surface area contributed by atoms with Crippen LogP contribution in [-0.4, -0.2) is 62.0 Å². The number of ether oxygens (including phenoxy) is 1. The number of aliphatic hydroxyl groups excluding tert-OH is 1. The maximum Gasteiger partial charge on any atom is 0.123 e. The van der Waals surface area contributed by atoms with Crippen LogP contribution in [0.4, 0.5) is 10.1 Å². The van der Waals surface area contributed by atoms with Crippen LogP contribution in [0.3, 0.4) is 0 Å². The van der Waals surface area contributed by atoms with E-state index in [1.165, 1.54) is 12.1 Å². The van der Waals surface area contributed by atoms with Crippen LogP contribution in [0.1, 0.15) is 0 Å². The summed E-state index contributed by atoms with van der Waals surface area (Å²) in [5.41, 5.74) is 1.05. The lowest BCUT2D eigenvalue weighted by atomic mass is 10.2. The van der Waals surface area contributed by atoms with Gasteiger partial charge in [0.2, 0.25) is 0 Å². The standard InChI is InChI=1S/C16H23FN2O2/c1-2-11-21-13-16(20)12-18-7-9-19(10-8-18)15-5-3-14(17)4-6-15/h2-6,16,20H,1,7-13H2/t16-/m1/s1. The maximum absolute atomic E-state index is 12.9. The van der Waals surface area contributed by atoms with E-state index in [4.69, 9.17) is 4.74 Å². The Morgan fingerprint density at radius 1 is 1.24 bits per heavy atom. The average Bonchev–Trinajstić information content (AvgIpc) is 2.49. The Morgan fingerprint density at radius 3 is 2.52 bits per heavy atom. The van der Waals surface area contributed by atoms with Gasteiger partial charge in [-0.15, -0.1) is 6.58 Å². The lowest BCUT2D eigenvalue weighted by Crippen LogP contribution is -2.49. The molecule has 0 radical (unpaired) electrons. The Kier molecular flexibility index (Phi) is 6.17. The molecule has 0 unspecified atom stereocenters. The molecule has 1 atom stereocenters. The number of aliphatic hydroxyl groups is 1.